The zero-order chi connectivity index (χ0) is 21.3. The molecule has 2 aromatic heterocycles. The zero-order valence-electron chi connectivity index (χ0n) is 15.4. The molecule has 152 valence electrons. The summed E-state index contributed by atoms with van der Waals surface area (Å²) in [7, 11) is 1.24. The number of methoxy groups -OCH3 is 1. The summed E-state index contributed by atoms with van der Waals surface area (Å²) in [5, 5.41) is 10.1. The molecular weight excluding hydrogens is 425 g/mol. The Hall–Kier alpha value is -3.11. The van der Waals surface area contributed by atoms with Gasteiger partial charge in [-0.2, -0.15) is 4.68 Å². The van der Waals surface area contributed by atoms with Crippen LogP contribution in [0.25, 0.3) is 5.69 Å². The maximum absolute atomic E-state index is 12.1. The monoisotopic (exact) mass is 439 g/mol. The number of halogens is 2. The van der Waals surface area contributed by atoms with Crippen molar-refractivity contribution in [2.24, 2.45) is 0 Å². The second-order valence-electron chi connectivity index (χ2n) is 6.17. The number of rotatable bonds is 5. The third-order valence-corrected chi connectivity index (χ3v) is 4.42. The van der Waals surface area contributed by atoms with E-state index in [1.54, 1.807) is 0 Å². The third kappa shape index (κ3) is 4.17. The van der Waals surface area contributed by atoms with Crippen LogP contribution >= 0.6 is 23.2 Å². The molecule has 0 fully saturated rings. The van der Waals surface area contributed by atoms with Crippen molar-refractivity contribution in [3.63, 3.8) is 0 Å². The van der Waals surface area contributed by atoms with Crippen molar-refractivity contribution in [2.45, 2.75) is 19.8 Å². The van der Waals surface area contributed by atoms with Gasteiger partial charge in [0.1, 0.15) is 0 Å². The first kappa shape index (κ1) is 20.6. The maximum Gasteiger partial charge on any atom is 0.349 e. The van der Waals surface area contributed by atoms with Crippen LogP contribution in [0, 0.1) is 0 Å². The van der Waals surface area contributed by atoms with E-state index in [9.17, 15) is 14.4 Å². The Bertz CT molecular complexity index is 1220. The minimum atomic E-state index is -0.805. The first-order valence-corrected chi connectivity index (χ1v) is 9.01. The van der Waals surface area contributed by atoms with E-state index in [4.69, 9.17) is 32.7 Å². The molecule has 3 aromatic rings. The number of benzene rings is 1. The van der Waals surface area contributed by atoms with E-state index in [0.717, 1.165) is 4.68 Å². The Kier molecular flexibility index (Phi) is 5.76. The smallest absolute Gasteiger partial charge is 0.349 e. The largest absolute Gasteiger partial charge is 0.476 e. The van der Waals surface area contributed by atoms with Gasteiger partial charge in [-0.05, 0) is 18.1 Å². The van der Waals surface area contributed by atoms with Crippen molar-refractivity contribution in [3.8, 4) is 23.2 Å². The molecule has 0 atom stereocenters. The topological polar surface area (TPSA) is 132 Å². The Morgan fingerprint density at radius 3 is 2.31 bits per heavy atom. The van der Waals surface area contributed by atoms with E-state index < -0.39 is 11.2 Å². The van der Waals surface area contributed by atoms with Gasteiger partial charge in [0.2, 0.25) is 5.88 Å². The molecule has 29 heavy (non-hydrogen) atoms. The molecule has 1 aromatic carbocycles. The second kappa shape index (κ2) is 8.10. The highest BCUT2D eigenvalue weighted by molar-refractivity contribution is 6.37. The summed E-state index contributed by atoms with van der Waals surface area (Å²) < 4.78 is 11.3. The van der Waals surface area contributed by atoms with Crippen LogP contribution in [0.2, 0.25) is 10.0 Å². The molecule has 0 saturated carbocycles. The van der Waals surface area contributed by atoms with E-state index in [1.165, 1.54) is 25.3 Å². The highest BCUT2D eigenvalue weighted by atomic mass is 35.5. The molecular formula is C17H15Cl2N5O5. The quantitative estimate of drug-likeness (QED) is 0.622. The number of nitrogens with one attached hydrogen (secondary N) is 2. The Balaban J connectivity index is 2.04. The lowest BCUT2D eigenvalue weighted by molar-refractivity contribution is 0.376. The van der Waals surface area contributed by atoms with Gasteiger partial charge in [-0.1, -0.05) is 37.0 Å². The number of hydrogen-bond donors (Lipinski definition) is 2. The van der Waals surface area contributed by atoms with E-state index in [2.05, 4.69) is 20.3 Å². The van der Waals surface area contributed by atoms with Crippen LogP contribution < -0.4 is 26.3 Å². The number of hydrogen-bond acceptors (Lipinski definition) is 7. The average molecular weight is 440 g/mol. The second-order valence-corrected chi connectivity index (χ2v) is 6.98. The fourth-order valence-corrected chi connectivity index (χ4v) is 3.00. The van der Waals surface area contributed by atoms with Gasteiger partial charge in [-0.3, -0.25) is 14.6 Å². The van der Waals surface area contributed by atoms with E-state index in [-0.39, 0.29) is 44.7 Å². The maximum atomic E-state index is 12.1. The summed E-state index contributed by atoms with van der Waals surface area (Å²) in [4.78, 5) is 37.5. The van der Waals surface area contributed by atoms with Gasteiger partial charge in [0, 0.05) is 11.6 Å². The molecule has 0 saturated heterocycles. The van der Waals surface area contributed by atoms with E-state index >= 15 is 0 Å². The molecule has 0 bridgehead atoms. The Labute approximate surface area is 173 Å². The summed E-state index contributed by atoms with van der Waals surface area (Å²) in [6, 6.07) is 4.22. The van der Waals surface area contributed by atoms with Gasteiger partial charge in [0.25, 0.3) is 11.4 Å². The van der Waals surface area contributed by atoms with Gasteiger partial charge in [0.15, 0.2) is 5.75 Å². The lowest BCUT2D eigenvalue weighted by atomic mass is 10.1. The van der Waals surface area contributed by atoms with Crippen molar-refractivity contribution >= 4 is 23.2 Å². The molecule has 3 rings (SSSR count). The van der Waals surface area contributed by atoms with Gasteiger partial charge in [-0.25, -0.2) is 9.89 Å². The standard InChI is InChI=1S/C17H15Cl2N5O5/c1-7(2)9-6-12(21-22-14(9)25)29-13-10(18)4-8(5-11(13)19)24-17(27)20-15(26)16(23-24)28-3/h4-7H,1-3H3,(H,22,25)(H,20,26,27). The van der Waals surface area contributed by atoms with Crippen LogP contribution in [0.1, 0.15) is 25.3 Å². The minimum Gasteiger partial charge on any atom is -0.476 e. The van der Waals surface area contributed by atoms with Crippen molar-refractivity contribution in [2.75, 3.05) is 7.11 Å². The fourth-order valence-electron chi connectivity index (χ4n) is 2.45. The SMILES string of the molecule is COc1nn(-c2cc(Cl)c(Oc3cc(C(C)C)c(=O)[nH]n3)c(Cl)c2)c(=O)[nH]c1=O. The van der Waals surface area contributed by atoms with Gasteiger partial charge >= 0.3 is 11.2 Å². The number of ether oxygens (including phenoxy) is 2. The molecule has 0 aliphatic rings. The van der Waals surface area contributed by atoms with E-state index in [0.29, 0.717) is 5.56 Å². The van der Waals surface area contributed by atoms with Crippen molar-refractivity contribution in [1.82, 2.24) is 25.0 Å². The molecule has 2 N–H and O–H groups in total. The van der Waals surface area contributed by atoms with Crippen LogP contribution in [0.4, 0.5) is 0 Å². The van der Waals surface area contributed by atoms with Gasteiger partial charge < -0.3 is 9.47 Å². The highest BCUT2D eigenvalue weighted by Gasteiger charge is 2.17. The minimum absolute atomic E-state index is 0.0467. The number of H-pyrrole nitrogens is 2. The summed E-state index contributed by atoms with van der Waals surface area (Å²) in [6.07, 6.45) is 0. The van der Waals surface area contributed by atoms with Gasteiger partial charge in [0.05, 0.1) is 22.8 Å². The average Bonchev–Trinajstić information content (AvgIpc) is 2.65. The van der Waals surface area contributed by atoms with Crippen LogP contribution in [-0.2, 0) is 0 Å². The molecule has 2 heterocycles. The number of nitrogens with zero attached hydrogens (tertiary/aromatic N) is 3. The molecule has 0 unspecified atom stereocenters. The molecule has 0 spiro atoms. The number of aromatic nitrogens is 5. The van der Waals surface area contributed by atoms with Crippen molar-refractivity contribution < 1.29 is 9.47 Å². The summed E-state index contributed by atoms with van der Waals surface area (Å²) in [5.74, 6) is -0.206. The number of aromatic amines is 2. The zero-order valence-corrected chi connectivity index (χ0v) is 17.0. The van der Waals surface area contributed by atoms with Crippen molar-refractivity contribution in [1.29, 1.82) is 0 Å². The first-order chi connectivity index (χ1) is 13.7. The predicted octanol–water partition coefficient (Wildman–Crippen LogP) is 2.24. The summed E-state index contributed by atoms with van der Waals surface area (Å²) in [6.45, 7) is 3.71. The summed E-state index contributed by atoms with van der Waals surface area (Å²) in [5.41, 5.74) is -1.24. The Morgan fingerprint density at radius 2 is 1.72 bits per heavy atom. The molecule has 12 heteroatoms. The third-order valence-electron chi connectivity index (χ3n) is 3.86. The van der Waals surface area contributed by atoms with E-state index in [1.807, 2.05) is 13.8 Å². The highest BCUT2D eigenvalue weighted by Crippen LogP contribution is 2.37. The first-order valence-electron chi connectivity index (χ1n) is 8.25. The lowest BCUT2D eigenvalue weighted by Crippen LogP contribution is -2.32. The Morgan fingerprint density at radius 1 is 1.07 bits per heavy atom. The summed E-state index contributed by atoms with van der Waals surface area (Å²) >= 11 is 12.5. The van der Waals surface area contributed by atoms with Crippen molar-refractivity contribution in [3.05, 3.63) is 65.0 Å². The van der Waals surface area contributed by atoms with Crippen LogP contribution in [0.15, 0.2) is 32.6 Å². The molecule has 0 aliphatic carbocycles. The lowest BCUT2D eigenvalue weighted by Gasteiger charge is -2.12. The fraction of sp³-hybridized carbons (Fsp3) is 0.235. The predicted molar refractivity (Wildman–Crippen MR) is 106 cm³/mol. The molecule has 0 aliphatic heterocycles. The molecule has 0 radical (unpaired) electrons. The molecule has 0 amide bonds. The molecule has 10 nitrogen and oxygen atoms in total. The normalized spacial score (nSPS) is 11.0. The van der Waals surface area contributed by atoms with Crippen LogP contribution in [-0.4, -0.2) is 32.1 Å². The van der Waals surface area contributed by atoms with Crippen LogP contribution in [0.5, 0.6) is 17.5 Å². The van der Waals surface area contributed by atoms with Crippen LogP contribution in [0.3, 0.4) is 0 Å². The van der Waals surface area contributed by atoms with Gasteiger partial charge in [-0.15, -0.1) is 10.2 Å².